The topological polar surface area (TPSA) is 68.3 Å². The molecule has 0 radical (unpaired) electrons. The highest BCUT2D eigenvalue weighted by Crippen LogP contribution is 2.56. The van der Waals surface area contributed by atoms with Crippen LogP contribution in [-0.4, -0.2) is 40.9 Å². The molecular weight excluding hydrogens is 280 g/mol. The van der Waals surface area contributed by atoms with Crippen LogP contribution in [0.3, 0.4) is 0 Å². The van der Waals surface area contributed by atoms with Gasteiger partial charge in [-0.05, 0) is 12.1 Å². The third kappa shape index (κ3) is 2.57. The minimum atomic E-state index is -2.49. The van der Waals surface area contributed by atoms with E-state index in [0.29, 0.717) is 26.2 Å². The average molecular weight is 297 g/mol. The second kappa shape index (κ2) is 4.62. The molecule has 7 heteroatoms. The standard InChI is InChI=1S/C14H17F2N3O2/c15-14(16)6-13(7-14)8-18(9-13)4-5-19-3-1-2-10(11(17)20)12(19)21/h1-3H,4-9H2,(H2,17,20). The molecule has 0 aromatic carbocycles. The van der Waals surface area contributed by atoms with E-state index in [2.05, 4.69) is 4.90 Å². The molecular formula is C14H17F2N3O2. The number of nitrogens with two attached hydrogens (primary N) is 1. The Morgan fingerprint density at radius 1 is 1.29 bits per heavy atom. The lowest BCUT2D eigenvalue weighted by Crippen LogP contribution is -2.66. The van der Waals surface area contributed by atoms with Crippen LogP contribution in [0.1, 0.15) is 23.2 Å². The second-order valence-electron chi connectivity index (χ2n) is 6.20. The van der Waals surface area contributed by atoms with Crippen molar-refractivity contribution in [2.45, 2.75) is 25.3 Å². The van der Waals surface area contributed by atoms with Gasteiger partial charge in [0.05, 0.1) is 0 Å². The fourth-order valence-corrected chi connectivity index (χ4v) is 3.48. The van der Waals surface area contributed by atoms with Crippen LogP contribution in [0.4, 0.5) is 8.78 Å². The van der Waals surface area contributed by atoms with Gasteiger partial charge in [-0.1, -0.05) is 0 Å². The first-order valence-corrected chi connectivity index (χ1v) is 6.90. The highest BCUT2D eigenvalue weighted by Gasteiger charge is 2.61. The second-order valence-corrected chi connectivity index (χ2v) is 6.20. The molecule has 2 heterocycles. The number of rotatable bonds is 4. The Kier molecular flexibility index (Phi) is 3.12. The third-order valence-corrected chi connectivity index (χ3v) is 4.33. The van der Waals surface area contributed by atoms with Crippen molar-refractivity contribution in [3.63, 3.8) is 0 Å². The fraction of sp³-hybridized carbons (Fsp3) is 0.571. The number of hydrogen-bond donors (Lipinski definition) is 1. The highest BCUT2D eigenvalue weighted by molar-refractivity contribution is 5.92. The van der Waals surface area contributed by atoms with E-state index in [1.807, 2.05) is 0 Å². The Hall–Kier alpha value is -1.76. The van der Waals surface area contributed by atoms with Crippen molar-refractivity contribution in [3.8, 4) is 0 Å². The molecule has 0 unspecified atom stereocenters. The van der Waals surface area contributed by atoms with Gasteiger partial charge in [0.1, 0.15) is 5.56 Å². The number of nitrogens with zero attached hydrogens (tertiary/aromatic N) is 2. The summed E-state index contributed by atoms with van der Waals surface area (Å²) in [4.78, 5) is 25.1. The SMILES string of the molecule is NC(=O)c1cccn(CCN2CC3(C2)CC(F)(F)C3)c1=O. The summed E-state index contributed by atoms with van der Waals surface area (Å²) in [6, 6.07) is 3.00. The van der Waals surface area contributed by atoms with E-state index < -0.39 is 17.4 Å². The predicted molar refractivity (Wildman–Crippen MR) is 72.3 cm³/mol. The number of primary amides is 1. The maximum atomic E-state index is 12.9. The number of alkyl halides is 2. The molecule has 1 aromatic heterocycles. The first-order valence-electron chi connectivity index (χ1n) is 6.90. The molecule has 1 amide bonds. The van der Waals surface area contributed by atoms with Crippen molar-refractivity contribution < 1.29 is 13.6 Å². The van der Waals surface area contributed by atoms with Gasteiger partial charge >= 0.3 is 0 Å². The van der Waals surface area contributed by atoms with Crippen LogP contribution in [-0.2, 0) is 6.54 Å². The van der Waals surface area contributed by atoms with Gasteiger partial charge in [0.15, 0.2) is 0 Å². The van der Waals surface area contributed by atoms with Gasteiger partial charge in [-0.3, -0.25) is 9.59 Å². The molecule has 1 aromatic rings. The van der Waals surface area contributed by atoms with E-state index in [4.69, 9.17) is 5.73 Å². The van der Waals surface area contributed by atoms with Gasteiger partial charge < -0.3 is 15.2 Å². The molecule has 114 valence electrons. The molecule has 0 bridgehead atoms. The smallest absolute Gasteiger partial charge is 0.263 e. The van der Waals surface area contributed by atoms with Crippen LogP contribution in [0.2, 0.25) is 0 Å². The van der Waals surface area contributed by atoms with Crippen molar-refractivity contribution in [2.24, 2.45) is 11.1 Å². The van der Waals surface area contributed by atoms with Crippen LogP contribution < -0.4 is 11.3 Å². The Morgan fingerprint density at radius 3 is 2.52 bits per heavy atom. The average Bonchev–Trinajstić information content (AvgIpc) is 2.31. The number of carbonyl (C=O) groups is 1. The summed E-state index contributed by atoms with van der Waals surface area (Å²) in [5.41, 5.74) is 4.49. The van der Waals surface area contributed by atoms with Crippen molar-refractivity contribution in [3.05, 3.63) is 34.2 Å². The van der Waals surface area contributed by atoms with Gasteiger partial charge in [0.2, 0.25) is 5.92 Å². The van der Waals surface area contributed by atoms with E-state index in [-0.39, 0.29) is 23.8 Å². The lowest BCUT2D eigenvalue weighted by Gasteiger charge is -2.58. The van der Waals surface area contributed by atoms with Crippen molar-refractivity contribution in [1.29, 1.82) is 0 Å². The number of carbonyl (C=O) groups excluding carboxylic acids is 1. The van der Waals surface area contributed by atoms with E-state index in [9.17, 15) is 18.4 Å². The molecule has 1 aliphatic carbocycles. The number of likely N-dealkylation sites (tertiary alicyclic amines) is 1. The summed E-state index contributed by atoms with van der Waals surface area (Å²) >= 11 is 0. The largest absolute Gasteiger partial charge is 0.365 e. The normalized spacial score (nSPS) is 22.6. The molecule has 1 spiro atoms. The number of amides is 1. The zero-order valence-corrected chi connectivity index (χ0v) is 11.5. The summed E-state index contributed by atoms with van der Waals surface area (Å²) in [7, 11) is 0. The maximum absolute atomic E-state index is 12.9. The Morgan fingerprint density at radius 2 is 1.95 bits per heavy atom. The van der Waals surface area contributed by atoms with Crippen LogP contribution in [0.5, 0.6) is 0 Å². The van der Waals surface area contributed by atoms with Crippen molar-refractivity contribution >= 4 is 5.91 Å². The lowest BCUT2D eigenvalue weighted by atomic mass is 9.61. The Balaban J connectivity index is 1.55. The molecule has 0 atom stereocenters. The van der Waals surface area contributed by atoms with E-state index in [1.165, 1.54) is 10.6 Å². The van der Waals surface area contributed by atoms with Crippen LogP contribution in [0, 0.1) is 5.41 Å². The quantitative estimate of drug-likeness (QED) is 0.888. The van der Waals surface area contributed by atoms with Gasteiger partial charge in [-0.25, -0.2) is 8.78 Å². The molecule has 2 aliphatic rings. The monoisotopic (exact) mass is 297 g/mol. The van der Waals surface area contributed by atoms with Crippen molar-refractivity contribution in [1.82, 2.24) is 9.47 Å². The first kappa shape index (κ1) is 14.2. The molecule has 21 heavy (non-hydrogen) atoms. The van der Waals surface area contributed by atoms with Gasteiger partial charge in [0, 0.05) is 50.6 Å². The summed E-state index contributed by atoms with van der Waals surface area (Å²) in [5, 5.41) is 0. The first-order chi connectivity index (χ1) is 9.80. The van der Waals surface area contributed by atoms with E-state index in [1.54, 1.807) is 12.3 Å². The predicted octanol–water partition coefficient (Wildman–Crippen LogP) is 0.678. The minimum absolute atomic E-state index is 0.0202. The summed E-state index contributed by atoms with van der Waals surface area (Å²) in [5.74, 6) is -3.23. The lowest BCUT2D eigenvalue weighted by molar-refractivity contribution is -0.213. The van der Waals surface area contributed by atoms with Crippen molar-refractivity contribution in [2.75, 3.05) is 19.6 Å². The van der Waals surface area contributed by atoms with Gasteiger partial charge in [-0.2, -0.15) is 0 Å². The Bertz CT molecular complexity index is 625. The number of halogens is 2. The molecule has 1 saturated heterocycles. The molecule has 1 saturated carbocycles. The van der Waals surface area contributed by atoms with Gasteiger partial charge in [-0.15, -0.1) is 0 Å². The zero-order valence-electron chi connectivity index (χ0n) is 11.5. The third-order valence-electron chi connectivity index (χ3n) is 4.33. The van der Waals surface area contributed by atoms with Crippen LogP contribution >= 0.6 is 0 Å². The number of hydrogen-bond acceptors (Lipinski definition) is 3. The summed E-state index contributed by atoms with van der Waals surface area (Å²) in [6.45, 7) is 2.35. The maximum Gasteiger partial charge on any atom is 0.263 e. The summed E-state index contributed by atoms with van der Waals surface area (Å²) in [6.07, 6.45) is 1.56. The zero-order chi connectivity index (χ0) is 15.3. The minimum Gasteiger partial charge on any atom is -0.365 e. The fourth-order valence-electron chi connectivity index (χ4n) is 3.48. The Labute approximate surface area is 120 Å². The van der Waals surface area contributed by atoms with Gasteiger partial charge in [0.25, 0.3) is 11.5 Å². The summed E-state index contributed by atoms with van der Waals surface area (Å²) < 4.78 is 27.2. The van der Waals surface area contributed by atoms with Crippen LogP contribution in [0.15, 0.2) is 23.1 Å². The molecule has 5 nitrogen and oxygen atoms in total. The molecule has 1 aliphatic heterocycles. The van der Waals surface area contributed by atoms with E-state index in [0.717, 1.165) is 0 Å². The van der Waals surface area contributed by atoms with Crippen LogP contribution in [0.25, 0.3) is 0 Å². The number of pyridine rings is 1. The number of aromatic nitrogens is 1. The molecule has 3 rings (SSSR count). The highest BCUT2D eigenvalue weighted by atomic mass is 19.3. The van der Waals surface area contributed by atoms with E-state index >= 15 is 0 Å². The molecule has 2 N–H and O–H groups in total. The molecule has 2 fully saturated rings.